The molecule has 0 amide bonds. The summed E-state index contributed by atoms with van der Waals surface area (Å²) < 4.78 is 7.29. The second-order valence-corrected chi connectivity index (χ2v) is 7.51. The number of carboxylic acid groups (broad SMARTS) is 1. The molecule has 0 radical (unpaired) electrons. The molecule has 5 rings (SSSR count). The monoisotopic (exact) mass is 376 g/mol. The van der Waals surface area contributed by atoms with Crippen molar-refractivity contribution in [3.05, 3.63) is 63.3 Å². The summed E-state index contributed by atoms with van der Waals surface area (Å²) in [4.78, 5) is 29.5. The normalized spacial score (nSPS) is 25.2. The predicted molar refractivity (Wildman–Crippen MR) is 105 cm³/mol. The highest BCUT2D eigenvalue weighted by Gasteiger charge is 2.62. The van der Waals surface area contributed by atoms with Crippen molar-refractivity contribution in [2.45, 2.75) is 32.2 Å². The summed E-state index contributed by atoms with van der Waals surface area (Å²) in [6, 6.07) is 7.50. The van der Waals surface area contributed by atoms with Crippen LogP contribution in [0.4, 0.5) is 0 Å². The Hall–Kier alpha value is -3.15. The summed E-state index contributed by atoms with van der Waals surface area (Å²) in [6.45, 7) is 2.53. The first-order chi connectivity index (χ1) is 13.5. The third-order valence-electron chi connectivity index (χ3n) is 5.94. The van der Waals surface area contributed by atoms with Crippen molar-refractivity contribution in [2.24, 2.45) is 5.41 Å². The van der Waals surface area contributed by atoms with Crippen LogP contribution in [0, 0.1) is 5.41 Å². The van der Waals surface area contributed by atoms with Crippen LogP contribution >= 0.6 is 0 Å². The van der Waals surface area contributed by atoms with Crippen LogP contribution in [0.15, 0.2) is 35.1 Å². The van der Waals surface area contributed by atoms with Crippen LogP contribution in [-0.2, 0) is 11.2 Å². The summed E-state index contributed by atoms with van der Waals surface area (Å²) in [5, 5.41) is 9.52. The van der Waals surface area contributed by atoms with Crippen molar-refractivity contribution < 1.29 is 14.6 Å². The maximum Gasteiger partial charge on any atom is 0.315 e. The Morgan fingerprint density at radius 1 is 1.39 bits per heavy atom. The molecule has 0 bridgehead atoms. The fraction of sp³-hybridized carbons (Fsp3) is 0.318. The fourth-order valence-corrected chi connectivity index (χ4v) is 4.38. The molecule has 0 spiro atoms. The number of ether oxygens (including phenoxy) is 1. The number of rotatable bonds is 4. The molecule has 142 valence electrons. The number of hydrogen-bond acceptors (Lipinski definition) is 4. The van der Waals surface area contributed by atoms with E-state index in [0.717, 1.165) is 29.0 Å². The topological polar surface area (TPSA) is 81.4 Å². The first kappa shape index (κ1) is 17.0. The highest BCUT2D eigenvalue weighted by molar-refractivity contribution is 5.86. The molecule has 1 fully saturated rings. The van der Waals surface area contributed by atoms with Gasteiger partial charge in [-0.25, -0.2) is 4.98 Å². The van der Waals surface area contributed by atoms with Gasteiger partial charge in [-0.1, -0.05) is 24.3 Å². The fourth-order valence-electron chi connectivity index (χ4n) is 4.38. The van der Waals surface area contributed by atoms with E-state index in [4.69, 9.17) is 9.72 Å². The zero-order valence-electron chi connectivity index (χ0n) is 15.5. The molecule has 2 unspecified atom stereocenters. The lowest BCUT2D eigenvalue weighted by atomic mass is 10.0. The van der Waals surface area contributed by atoms with E-state index < -0.39 is 11.4 Å². The number of carboxylic acids is 1. The summed E-state index contributed by atoms with van der Waals surface area (Å²) in [5.41, 5.74) is 2.37. The van der Waals surface area contributed by atoms with Crippen LogP contribution in [0.5, 0.6) is 5.75 Å². The maximum absolute atomic E-state index is 13.1. The number of aromatic nitrogens is 2. The number of nitrogens with zero attached hydrogens (tertiary/aromatic N) is 2. The number of hydrogen-bond donors (Lipinski definition) is 1. The maximum atomic E-state index is 13.1. The van der Waals surface area contributed by atoms with Crippen LogP contribution in [0.2, 0.25) is 0 Å². The van der Waals surface area contributed by atoms with Crippen molar-refractivity contribution in [3.8, 4) is 5.75 Å². The number of fused-ring (bicyclic) bond motifs is 4. The highest BCUT2D eigenvalue weighted by Crippen LogP contribution is 2.59. The Labute approximate surface area is 161 Å². The third-order valence-corrected chi connectivity index (χ3v) is 5.94. The predicted octanol–water partition coefficient (Wildman–Crippen LogP) is 3.17. The molecule has 6 nitrogen and oxygen atoms in total. The summed E-state index contributed by atoms with van der Waals surface area (Å²) in [7, 11) is 0. The second kappa shape index (κ2) is 5.92. The molecule has 2 aliphatic carbocycles. The van der Waals surface area contributed by atoms with Gasteiger partial charge in [0.2, 0.25) is 0 Å². The quantitative estimate of drug-likeness (QED) is 0.886. The smallest absolute Gasteiger partial charge is 0.315 e. The minimum absolute atomic E-state index is 0.0982. The molecule has 1 aliphatic heterocycles. The Kier molecular flexibility index (Phi) is 3.59. The summed E-state index contributed by atoms with van der Waals surface area (Å²) in [5.74, 6) is 0.485. The highest BCUT2D eigenvalue weighted by atomic mass is 16.5. The van der Waals surface area contributed by atoms with E-state index in [1.807, 2.05) is 37.3 Å². The average molecular weight is 376 g/mol. The van der Waals surface area contributed by atoms with Crippen LogP contribution < -0.4 is 10.3 Å². The van der Waals surface area contributed by atoms with E-state index in [0.29, 0.717) is 30.8 Å². The van der Waals surface area contributed by atoms with Crippen molar-refractivity contribution in [1.29, 1.82) is 0 Å². The molecule has 3 aliphatic rings. The van der Waals surface area contributed by atoms with Gasteiger partial charge in [0.1, 0.15) is 17.0 Å². The lowest BCUT2D eigenvalue weighted by molar-refractivity contribution is -0.141. The Bertz CT molecular complexity index is 1130. The van der Waals surface area contributed by atoms with Crippen LogP contribution in [-0.4, -0.2) is 27.2 Å². The molecule has 1 saturated carbocycles. The van der Waals surface area contributed by atoms with Crippen LogP contribution in [0.1, 0.15) is 48.5 Å². The summed E-state index contributed by atoms with van der Waals surface area (Å²) in [6.07, 6.45) is 7.24. The molecule has 2 heterocycles. The SMILES string of the molecule is CCOc1ccccc1C=C1CCc2c1nc1n(c2=O)C2CC2(C(=O)O)C=C1. The zero-order valence-corrected chi connectivity index (χ0v) is 15.5. The number of carbonyl (C=O) groups is 1. The molecule has 6 heteroatoms. The molecule has 2 atom stereocenters. The molecule has 0 saturated heterocycles. The van der Waals surface area contributed by atoms with Gasteiger partial charge in [-0.3, -0.25) is 14.2 Å². The number of benzene rings is 1. The van der Waals surface area contributed by atoms with Gasteiger partial charge < -0.3 is 9.84 Å². The Balaban J connectivity index is 1.60. The lowest BCUT2D eigenvalue weighted by Crippen LogP contribution is -2.31. The second-order valence-electron chi connectivity index (χ2n) is 7.51. The molecule has 1 aromatic carbocycles. The van der Waals surface area contributed by atoms with E-state index in [1.54, 1.807) is 16.7 Å². The molecular weight excluding hydrogens is 356 g/mol. The number of allylic oxidation sites excluding steroid dienone is 1. The molecule has 1 aromatic heterocycles. The standard InChI is InChI=1S/C22H20N2O4/c1-2-28-16-6-4-3-5-13(16)11-14-7-8-15-19(14)23-18-9-10-22(21(26)27)12-17(22)24(18)20(15)25/h3-6,9-11,17H,2,7-8,12H2,1H3,(H,26,27). The van der Waals surface area contributed by atoms with E-state index in [-0.39, 0.29) is 11.6 Å². The van der Waals surface area contributed by atoms with Gasteiger partial charge in [-0.15, -0.1) is 0 Å². The van der Waals surface area contributed by atoms with E-state index >= 15 is 0 Å². The van der Waals surface area contributed by atoms with E-state index in [9.17, 15) is 14.7 Å². The molecular formula is C22H20N2O4. The zero-order chi connectivity index (χ0) is 19.5. The first-order valence-corrected chi connectivity index (χ1v) is 9.56. The van der Waals surface area contributed by atoms with Gasteiger partial charge in [0, 0.05) is 11.1 Å². The summed E-state index contributed by atoms with van der Waals surface area (Å²) >= 11 is 0. The van der Waals surface area contributed by atoms with Crippen molar-refractivity contribution in [2.75, 3.05) is 6.61 Å². The van der Waals surface area contributed by atoms with Gasteiger partial charge in [-0.2, -0.15) is 0 Å². The van der Waals surface area contributed by atoms with Crippen molar-refractivity contribution in [3.63, 3.8) is 0 Å². The third kappa shape index (κ3) is 2.30. The van der Waals surface area contributed by atoms with Gasteiger partial charge >= 0.3 is 5.97 Å². The van der Waals surface area contributed by atoms with Crippen LogP contribution in [0.25, 0.3) is 17.7 Å². The molecule has 28 heavy (non-hydrogen) atoms. The Morgan fingerprint density at radius 2 is 2.21 bits per heavy atom. The Morgan fingerprint density at radius 3 is 3.00 bits per heavy atom. The van der Waals surface area contributed by atoms with Gasteiger partial charge in [0.05, 0.1) is 18.3 Å². The van der Waals surface area contributed by atoms with Crippen molar-refractivity contribution in [1.82, 2.24) is 9.55 Å². The van der Waals surface area contributed by atoms with E-state index in [1.165, 1.54) is 0 Å². The average Bonchev–Trinajstić information content (AvgIpc) is 3.32. The molecule has 2 aromatic rings. The largest absolute Gasteiger partial charge is 0.493 e. The van der Waals surface area contributed by atoms with Gasteiger partial charge in [0.15, 0.2) is 0 Å². The number of para-hydroxylation sites is 1. The van der Waals surface area contributed by atoms with Gasteiger partial charge in [0.25, 0.3) is 5.56 Å². The molecule has 1 N–H and O–H groups in total. The van der Waals surface area contributed by atoms with Crippen molar-refractivity contribution >= 4 is 23.7 Å². The first-order valence-electron chi connectivity index (χ1n) is 9.56. The van der Waals surface area contributed by atoms with Crippen LogP contribution in [0.3, 0.4) is 0 Å². The van der Waals surface area contributed by atoms with Gasteiger partial charge in [-0.05, 0) is 50.0 Å². The van der Waals surface area contributed by atoms with E-state index in [2.05, 4.69) is 0 Å². The minimum atomic E-state index is -0.930. The minimum Gasteiger partial charge on any atom is -0.493 e. The number of aliphatic carboxylic acids is 1. The lowest BCUT2D eigenvalue weighted by Gasteiger charge is -2.18.